The number of aryl methyl sites for hydroxylation is 1. The molecule has 1 atom stereocenters. The van der Waals surface area contributed by atoms with Gasteiger partial charge in [-0.3, -0.25) is 4.79 Å². The minimum absolute atomic E-state index is 0.217. The van der Waals surface area contributed by atoms with Crippen LogP contribution in [0.2, 0.25) is 5.02 Å². The maximum Gasteiger partial charge on any atom is 0.272 e. The molecule has 1 heterocycles. The summed E-state index contributed by atoms with van der Waals surface area (Å²) in [6.07, 6.45) is 0.718. The molecule has 1 aromatic carbocycles. The number of halogens is 1. The van der Waals surface area contributed by atoms with E-state index >= 15 is 0 Å². The van der Waals surface area contributed by atoms with E-state index in [1.807, 2.05) is 38.1 Å². The largest absolute Gasteiger partial charge is 0.387 e. The molecule has 0 spiro atoms. The molecule has 5 heteroatoms. The number of pyridine rings is 1. The van der Waals surface area contributed by atoms with E-state index in [2.05, 4.69) is 4.98 Å². The average Bonchev–Trinajstić information content (AvgIpc) is 2.53. The van der Waals surface area contributed by atoms with Gasteiger partial charge in [-0.25, -0.2) is 4.98 Å². The van der Waals surface area contributed by atoms with Gasteiger partial charge in [0.15, 0.2) is 0 Å². The quantitative estimate of drug-likeness (QED) is 0.920. The first-order valence-electron chi connectivity index (χ1n) is 7.16. The van der Waals surface area contributed by atoms with Gasteiger partial charge >= 0.3 is 0 Å². The second kappa shape index (κ2) is 7.38. The summed E-state index contributed by atoms with van der Waals surface area (Å²) in [4.78, 5) is 18.0. The number of aliphatic hydroxyl groups excluding tert-OH is 1. The van der Waals surface area contributed by atoms with Crippen LogP contribution in [0.1, 0.15) is 34.6 Å². The number of carbonyl (C=O) groups is 1. The number of nitrogens with zero attached hydrogens (tertiary/aromatic N) is 2. The number of rotatable bonds is 5. The van der Waals surface area contributed by atoms with Crippen molar-refractivity contribution in [2.75, 3.05) is 13.1 Å². The second-order valence-electron chi connectivity index (χ2n) is 5.13. The van der Waals surface area contributed by atoms with Gasteiger partial charge < -0.3 is 10.0 Å². The van der Waals surface area contributed by atoms with E-state index in [4.69, 9.17) is 11.6 Å². The Morgan fingerprint density at radius 1 is 1.27 bits per heavy atom. The van der Waals surface area contributed by atoms with Crippen LogP contribution in [-0.4, -0.2) is 34.0 Å². The fourth-order valence-electron chi connectivity index (χ4n) is 2.12. The molecule has 4 nitrogen and oxygen atoms in total. The van der Waals surface area contributed by atoms with Crippen molar-refractivity contribution in [1.29, 1.82) is 0 Å². The van der Waals surface area contributed by atoms with E-state index in [1.54, 1.807) is 17.0 Å². The van der Waals surface area contributed by atoms with Crippen LogP contribution in [-0.2, 0) is 0 Å². The van der Waals surface area contributed by atoms with Crippen LogP contribution >= 0.6 is 11.6 Å². The lowest BCUT2D eigenvalue weighted by Gasteiger charge is -2.24. The molecule has 0 bridgehead atoms. The van der Waals surface area contributed by atoms with Gasteiger partial charge in [0.25, 0.3) is 5.91 Å². The van der Waals surface area contributed by atoms with Crippen molar-refractivity contribution in [3.8, 4) is 0 Å². The number of carbonyl (C=O) groups excluding carboxylic acids is 1. The first kappa shape index (κ1) is 16.5. The summed E-state index contributed by atoms with van der Waals surface area (Å²) in [5.41, 5.74) is 2.24. The topological polar surface area (TPSA) is 53.4 Å². The third-order valence-electron chi connectivity index (χ3n) is 3.47. The summed E-state index contributed by atoms with van der Waals surface area (Å²) in [5, 5.41) is 10.8. The van der Waals surface area contributed by atoms with Gasteiger partial charge in [0, 0.05) is 12.7 Å². The lowest BCUT2D eigenvalue weighted by Crippen LogP contribution is -2.35. The van der Waals surface area contributed by atoms with Crippen LogP contribution in [0.25, 0.3) is 0 Å². The number of likely N-dealkylation sites (N-methyl/N-ethyl adjacent to an activating group) is 1. The Morgan fingerprint density at radius 3 is 2.50 bits per heavy atom. The molecule has 0 aliphatic carbocycles. The number of aliphatic hydroxyl groups is 1. The minimum Gasteiger partial charge on any atom is -0.387 e. The van der Waals surface area contributed by atoms with Crippen LogP contribution in [0.4, 0.5) is 0 Å². The molecule has 0 radical (unpaired) electrons. The SMILES string of the molecule is CCN(C[C@H](O)c1ccc(C)cc1)C(=O)c1ccc(Cl)cn1. The summed E-state index contributed by atoms with van der Waals surface area (Å²) in [6, 6.07) is 10.9. The van der Waals surface area contributed by atoms with E-state index < -0.39 is 6.10 Å². The first-order valence-corrected chi connectivity index (χ1v) is 7.54. The van der Waals surface area contributed by atoms with Crippen molar-refractivity contribution in [2.45, 2.75) is 20.0 Å². The number of amides is 1. The summed E-state index contributed by atoms with van der Waals surface area (Å²) in [5.74, 6) is -0.217. The van der Waals surface area contributed by atoms with Crippen molar-refractivity contribution in [2.24, 2.45) is 0 Å². The van der Waals surface area contributed by atoms with Gasteiger partial charge in [-0.2, -0.15) is 0 Å². The first-order chi connectivity index (χ1) is 10.5. The lowest BCUT2D eigenvalue weighted by atomic mass is 10.1. The lowest BCUT2D eigenvalue weighted by molar-refractivity contribution is 0.0629. The molecule has 22 heavy (non-hydrogen) atoms. The zero-order valence-corrected chi connectivity index (χ0v) is 13.4. The zero-order valence-electron chi connectivity index (χ0n) is 12.7. The highest BCUT2D eigenvalue weighted by Crippen LogP contribution is 2.16. The van der Waals surface area contributed by atoms with Crippen LogP contribution in [0.15, 0.2) is 42.6 Å². The number of benzene rings is 1. The van der Waals surface area contributed by atoms with Crippen molar-refractivity contribution in [1.82, 2.24) is 9.88 Å². The van der Waals surface area contributed by atoms with Crippen LogP contribution in [0.3, 0.4) is 0 Å². The molecule has 2 aromatic rings. The van der Waals surface area contributed by atoms with Crippen molar-refractivity contribution in [3.63, 3.8) is 0 Å². The molecule has 0 unspecified atom stereocenters. The van der Waals surface area contributed by atoms with E-state index in [9.17, 15) is 9.90 Å². The van der Waals surface area contributed by atoms with Crippen LogP contribution in [0.5, 0.6) is 0 Å². The van der Waals surface area contributed by atoms with E-state index in [1.165, 1.54) is 6.20 Å². The molecule has 0 aliphatic rings. The molecule has 1 aromatic heterocycles. The normalized spacial score (nSPS) is 12.0. The standard InChI is InChI=1S/C17H19ClN2O2/c1-3-20(17(22)15-9-8-14(18)10-19-15)11-16(21)13-6-4-12(2)5-7-13/h4-10,16,21H,3,11H2,1-2H3/t16-/m0/s1. The Labute approximate surface area is 135 Å². The minimum atomic E-state index is -0.725. The maximum atomic E-state index is 12.4. The molecule has 1 N–H and O–H groups in total. The van der Waals surface area contributed by atoms with Crippen LogP contribution in [0, 0.1) is 6.92 Å². The molecule has 0 aliphatic heterocycles. The second-order valence-corrected chi connectivity index (χ2v) is 5.57. The van der Waals surface area contributed by atoms with Crippen LogP contribution < -0.4 is 0 Å². The fourth-order valence-corrected chi connectivity index (χ4v) is 2.23. The van der Waals surface area contributed by atoms with Gasteiger partial charge in [-0.15, -0.1) is 0 Å². The third-order valence-corrected chi connectivity index (χ3v) is 3.69. The Hall–Kier alpha value is -1.91. The van der Waals surface area contributed by atoms with E-state index in [-0.39, 0.29) is 12.5 Å². The Morgan fingerprint density at radius 2 is 1.95 bits per heavy atom. The molecular formula is C17H19ClN2O2. The number of hydrogen-bond acceptors (Lipinski definition) is 3. The van der Waals surface area contributed by atoms with Crippen molar-refractivity contribution < 1.29 is 9.90 Å². The van der Waals surface area contributed by atoms with Gasteiger partial charge in [0.2, 0.25) is 0 Å². The predicted molar refractivity (Wildman–Crippen MR) is 87.0 cm³/mol. The highest BCUT2D eigenvalue weighted by Gasteiger charge is 2.19. The molecule has 1 amide bonds. The van der Waals surface area contributed by atoms with Crippen molar-refractivity contribution in [3.05, 3.63) is 64.4 Å². The molecular weight excluding hydrogens is 300 g/mol. The zero-order chi connectivity index (χ0) is 16.1. The third kappa shape index (κ3) is 4.06. The number of aromatic nitrogens is 1. The fraction of sp³-hybridized carbons (Fsp3) is 0.294. The average molecular weight is 319 g/mol. The van der Waals surface area contributed by atoms with Gasteiger partial charge in [-0.1, -0.05) is 41.4 Å². The number of hydrogen-bond donors (Lipinski definition) is 1. The molecule has 0 saturated carbocycles. The van der Waals surface area contributed by atoms with Crippen molar-refractivity contribution >= 4 is 17.5 Å². The molecule has 2 rings (SSSR count). The summed E-state index contributed by atoms with van der Waals surface area (Å²) >= 11 is 5.78. The van der Waals surface area contributed by atoms with Gasteiger partial charge in [-0.05, 0) is 31.5 Å². The summed E-state index contributed by atoms with van der Waals surface area (Å²) < 4.78 is 0. The Bertz CT molecular complexity index is 626. The van der Waals surface area contributed by atoms with E-state index in [0.717, 1.165) is 11.1 Å². The summed E-state index contributed by atoms with van der Waals surface area (Å²) in [6.45, 7) is 4.58. The van der Waals surface area contributed by atoms with Gasteiger partial charge in [0.1, 0.15) is 5.69 Å². The molecule has 116 valence electrons. The smallest absolute Gasteiger partial charge is 0.272 e. The Balaban J connectivity index is 2.09. The van der Waals surface area contributed by atoms with Gasteiger partial charge in [0.05, 0.1) is 17.7 Å². The molecule has 0 saturated heterocycles. The maximum absolute atomic E-state index is 12.4. The highest BCUT2D eigenvalue weighted by molar-refractivity contribution is 6.30. The van der Waals surface area contributed by atoms with E-state index in [0.29, 0.717) is 17.3 Å². The molecule has 0 fully saturated rings. The Kier molecular flexibility index (Phi) is 5.52. The summed E-state index contributed by atoms with van der Waals surface area (Å²) in [7, 11) is 0. The monoisotopic (exact) mass is 318 g/mol. The predicted octanol–water partition coefficient (Wildman–Crippen LogP) is 3.24. The highest BCUT2D eigenvalue weighted by atomic mass is 35.5.